The molecule has 0 radical (unpaired) electrons. The van der Waals surface area contributed by atoms with Crippen LogP contribution in [0.3, 0.4) is 0 Å². The first-order chi connectivity index (χ1) is 8.08. The highest BCUT2D eigenvalue weighted by Gasteiger charge is 2.45. The van der Waals surface area contributed by atoms with Crippen molar-refractivity contribution < 1.29 is 9.84 Å². The van der Waals surface area contributed by atoms with Gasteiger partial charge in [-0.15, -0.1) is 0 Å². The van der Waals surface area contributed by atoms with Crippen molar-refractivity contribution in [1.29, 1.82) is 0 Å². The van der Waals surface area contributed by atoms with Crippen molar-refractivity contribution in [2.24, 2.45) is 0 Å². The summed E-state index contributed by atoms with van der Waals surface area (Å²) >= 11 is 5.37. The van der Waals surface area contributed by atoms with Gasteiger partial charge in [0, 0.05) is 27.5 Å². The maximum atomic E-state index is 10.3. The Hall–Kier alpha value is -0.190. The van der Waals surface area contributed by atoms with Gasteiger partial charge in [0.2, 0.25) is 0 Å². The molecule has 1 saturated heterocycles. The zero-order chi connectivity index (χ0) is 12.0. The van der Waals surface area contributed by atoms with E-state index in [1.807, 2.05) is 30.0 Å². The van der Waals surface area contributed by atoms with Crippen molar-refractivity contribution in [3.63, 3.8) is 0 Å². The Bertz CT molecular complexity index is 451. The van der Waals surface area contributed by atoms with Crippen LogP contribution in [0, 0.1) is 0 Å². The fraction of sp³-hybridized carbons (Fsp3) is 0.538. The second-order valence-electron chi connectivity index (χ2n) is 5.01. The summed E-state index contributed by atoms with van der Waals surface area (Å²) in [6, 6.07) is 5.88. The van der Waals surface area contributed by atoms with E-state index in [-0.39, 0.29) is 5.60 Å². The van der Waals surface area contributed by atoms with Crippen LogP contribution in [-0.4, -0.2) is 21.7 Å². The average Bonchev–Trinajstić information content (AvgIpc) is 2.61. The highest BCUT2D eigenvalue weighted by atomic mass is 79.9. The van der Waals surface area contributed by atoms with E-state index in [1.54, 1.807) is 0 Å². The molecule has 17 heavy (non-hydrogen) atoms. The minimum Gasteiger partial charge on any atom is -0.486 e. The molecule has 1 aromatic carbocycles. The van der Waals surface area contributed by atoms with E-state index in [0.717, 1.165) is 28.0 Å². The molecule has 0 saturated carbocycles. The SMILES string of the molecule is CC1CC2(CS1)C[C@H](O)c1cc(Br)ccc1O2. The second-order valence-corrected chi connectivity index (χ2v) is 7.36. The number of hydrogen-bond acceptors (Lipinski definition) is 3. The third-order valence-electron chi connectivity index (χ3n) is 3.51. The third-order valence-corrected chi connectivity index (χ3v) is 5.43. The number of aliphatic hydroxyl groups is 1. The lowest BCUT2D eigenvalue weighted by Crippen LogP contribution is -2.41. The first kappa shape index (κ1) is 11.9. The van der Waals surface area contributed by atoms with Crippen molar-refractivity contribution in [3.05, 3.63) is 28.2 Å². The molecule has 92 valence electrons. The number of hydrogen-bond donors (Lipinski definition) is 1. The maximum Gasteiger partial charge on any atom is 0.126 e. The molecule has 4 heteroatoms. The molecule has 2 unspecified atom stereocenters. The van der Waals surface area contributed by atoms with E-state index in [2.05, 4.69) is 22.9 Å². The topological polar surface area (TPSA) is 29.5 Å². The van der Waals surface area contributed by atoms with Crippen LogP contribution >= 0.6 is 27.7 Å². The first-order valence-electron chi connectivity index (χ1n) is 5.86. The quantitative estimate of drug-likeness (QED) is 0.794. The number of aliphatic hydroxyl groups excluding tert-OH is 1. The Morgan fingerprint density at radius 3 is 3.00 bits per heavy atom. The van der Waals surface area contributed by atoms with Gasteiger partial charge < -0.3 is 9.84 Å². The standard InChI is InChI=1S/C13H15BrO2S/c1-8-5-13(7-17-8)6-11(15)10-4-9(14)2-3-12(10)16-13/h2-4,8,11,15H,5-7H2,1H3/t8?,11-,13?/m0/s1. The van der Waals surface area contributed by atoms with E-state index < -0.39 is 6.10 Å². The van der Waals surface area contributed by atoms with Gasteiger partial charge in [0.25, 0.3) is 0 Å². The van der Waals surface area contributed by atoms with Gasteiger partial charge in [0.05, 0.1) is 6.10 Å². The molecule has 1 aromatic rings. The molecule has 2 aliphatic heterocycles. The predicted molar refractivity (Wildman–Crippen MR) is 73.6 cm³/mol. The third kappa shape index (κ3) is 2.11. The Kier molecular flexibility index (Phi) is 2.92. The summed E-state index contributed by atoms with van der Waals surface area (Å²) < 4.78 is 7.16. The molecule has 0 bridgehead atoms. The Balaban J connectivity index is 1.96. The molecule has 0 aliphatic carbocycles. The number of rotatable bonds is 0. The molecule has 1 N–H and O–H groups in total. The van der Waals surface area contributed by atoms with Gasteiger partial charge in [-0.05, 0) is 24.6 Å². The monoisotopic (exact) mass is 314 g/mol. The summed E-state index contributed by atoms with van der Waals surface area (Å²) in [6.45, 7) is 2.23. The van der Waals surface area contributed by atoms with Crippen LogP contribution in [-0.2, 0) is 0 Å². The normalized spacial score (nSPS) is 35.7. The van der Waals surface area contributed by atoms with E-state index in [1.165, 1.54) is 0 Å². The minimum absolute atomic E-state index is 0.148. The lowest BCUT2D eigenvalue weighted by atomic mass is 9.87. The molecular formula is C13H15BrO2S. The van der Waals surface area contributed by atoms with Crippen molar-refractivity contribution in [1.82, 2.24) is 0 Å². The van der Waals surface area contributed by atoms with Crippen LogP contribution in [0.25, 0.3) is 0 Å². The zero-order valence-electron chi connectivity index (χ0n) is 9.65. The number of fused-ring (bicyclic) bond motifs is 1. The molecule has 1 spiro atoms. The molecule has 2 heterocycles. The zero-order valence-corrected chi connectivity index (χ0v) is 12.1. The van der Waals surface area contributed by atoms with Crippen LogP contribution in [0.4, 0.5) is 0 Å². The molecular weight excluding hydrogens is 300 g/mol. The fourth-order valence-electron chi connectivity index (χ4n) is 2.76. The lowest BCUT2D eigenvalue weighted by Gasteiger charge is -2.37. The Labute approximate surface area is 114 Å². The molecule has 0 aromatic heterocycles. The van der Waals surface area contributed by atoms with Gasteiger partial charge >= 0.3 is 0 Å². The molecule has 0 amide bonds. The number of halogens is 1. The number of ether oxygens (including phenoxy) is 1. The van der Waals surface area contributed by atoms with Gasteiger partial charge in [0.1, 0.15) is 11.4 Å². The van der Waals surface area contributed by atoms with E-state index in [4.69, 9.17) is 4.74 Å². The second kappa shape index (κ2) is 4.18. The summed E-state index contributed by atoms with van der Waals surface area (Å²) in [5.41, 5.74) is 0.763. The highest BCUT2D eigenvalue weighted by molar-refractivity contribution is 9.10. The van der Waals surface area contributed by atoms with Crippen molar-refractivity contribution in [3.8, 4) is 5.75 Å². The molecule has 3 atom stereocenters. The first-order valence-corrected chi connectivity index (χ1v) is 7.70. The lowest BCUT2D eigenvalue weighted by molar-refractivity contribution is 0.00147. The number of benzene rings is 1. The summed E-state index contributed by atoms with van der Waals surface area (Å²) in [4.78, 5) is 0. The summed E-state index contributed by atoms with van der Waals surface area (Å²) in [7, 11) is 0. The van der Waals surface area contributed by atoms with Crippen LogP contribution in [0.1, 0.15) is 31.4 Å². The van der Waals surface area contributed by atoms with E-state index >= 15 is 0 Å². The van der Waals surface area contributed by atoms with Gasteiger partial charge in [0.15, 0.2) is 0 Å². The van der Waals surface area contributed by atoms with Crippen molar-refractivity contribution in [2.75, 3.05) is 5.75 Å². The van der Waals surface area contributed by atoms with Crippen LogP contribution < -0.4 is 4.74 Å². The van der Waals surface area contributed by atoms with E-state index in [0.29, 0.717) is 11.7 Å². The summed E-state index contributed by atoms with van der Waals surface area (Å²) in [5.74, 6) is 1.84. The molecule has 2 aliphatic rings. The smallest absolute Gasteiger partial charge is 0.126 e. The maximum absolute atomic E-state index is 10.3. The fourth-order valence-corrected chi connectivity index (χ4v) is 4.44. The van der Waals surface area contributed by atoms with Crippen LogP contribution in [0.2, 0.25) is 0 Å². The summed E-state index contributed by atoms with van der Waals surface area (Å²) in [5, 5.41) is 10.9. The summed E-state index contributed by atoms with van der Waals surface area (Å²) in [6.07, 6.45) is 1.35. The van der Waals surface area contributed by atoms with Gasteiger partial charge in [-0.1, -0.05) is 22.9 Å². The Morgan fingerprint density at radius 1 is 1.47 bits per heavy atom. The molecule has 3 rings (SSSR count). The van der Waals surface area contributed by atoms with Crippen LogP contribution in [0.5, 0.6) is 5.75 Å². The molecule has 1 fully saturated rings. The highest BCUT2D eigenvalue weighted by Crippen LogP contribution is 2.48. The van der Waals surface area contributed by atoms with Crippen LogP contribution in [0.15, 0.2) is 22.7 Å². The largest absolute Gasteiger partial charge is 0.486 e. The van der Waals surface area contributed by atoms with Gasteiger partial charge in [-0.25, -0.2) is 0 Å². The van der Waals surface area contributed by atoms with Gasteiger partial charge in [-0.3, -0.25) is 0 Å². The Morgan fingerprint density at radius 2 is 2.29 bits per heavy atom. The number of thioether (sulfide) groups is 1. The minimum atomic E-state index is -0.401. The van der Waals surface area contributed by atoms with E-state index in [9.17, 15) is 5.11 Å². The average molecular weight is 315 g/mol. The predicted octanol–water partition coefficient (Wildman–Crippen LogP) is 3.53. The van der Waals surface area contributed by atoms with Crippen molar-refractivity contribution in [2.45, 2.75) is 36.7 Å². The van der Waals surface area contributed by atoms with Crippen molar-refractivity contribution >= 4 is 27.7 Å². The van der Waals surface area contributed by atoms with Gasteiger partial charge in [-0.2, -0.15) is 11.8 Å². The molecule has 2 nitrogen and oxygen atoms in total.